The van der Waals surface area contributed by atoms with Gasteiger partial charge < -0.3 is 14.7 Å². The summed E-state index contributed by atoms with van der Waals surface area (Å²) in [6.45, 7) is 5.99. The van der Waals surface area contributed by atoms with Crippen molar-refractivity contribution < 1.29 is 101 Å². The van der Waals surface area contributed by atoms with Crippen molar-refractivity contribution in [2.24, 2.45) is 0 Å². The van der Waals surface area contributed by atoms with Crippen LogP contribution in [0.3, 0.4) is 0 Å². The van der Waals surface area contributed by atoms with Crippen LogP contribution in [0, 0.1) is 5.82 Å². The van der Waals surface area contributed by atoms with E-state index in [0.717, 1.165) is 24.3 Å². The van der Waals surface area contributed by atoms with Crippen LogP contribution in [0.15, 0.2) is 116 Å². The zero-order valence-electron chi connectivity index (χ0n) is 42.1. The third-order valence-electron chi connectivity index (χ3n) is 13.4. The Morgan fingerprint density at radius 3 is 1.72 bits per heavy atom. The Kier molecular flexibility index (Phi) is 16.5. The van der Waals surface area contributed by atoms with Crippen molar-refractivity contribution in [2.45, 2.75) is 83.8 Å². The van der Waals surface area contributed by atoms with E-state index in [0.29, 0.717) is 12.1 Å². The van der Waals surface area contributed by atoms with Gasteiger partial charge in [-0.2, -0.15) is 55.1 Å². The molecule has 79 heavy (non-hydrogen) atoms. The lowest BCUT2D eigenvalue weighted by molar-refractivity contribution is -0.437. The van der Waals surface area contributed by atoms with Crippen LogP contribution in [0.25, 0.3) is 27.1 Å². The average Bonchev–Trinajstić information content (AvgIpc) is 3.96. The summed E-state index contributed by atoms with van der Waals surface area (Å²) in [5.41, 5.74) is -0.990. The quantitative estimate of drug-likeness (QED) is 0.0176. The minimum atomic E-state index is -5.17. The number of carbonyl (C=O) groups is 1. The number of benzene rings is 5. The fourth-order valence-electron chi connectivity index (χ4n) is 10.1. The molecule has 0 atom stereocenters. The van der Waals surface area contributed by atoms with Gasteiger partial charge >= 0.3 is 5.97 Å². The van der Waals surface area contributed by atoms with E-state index in [1.165, 1.54) is 54.6 Å². The molecule has 7 N–H and O–H groups in total. The monoisotopic (exact) mass is 1220 g/mol. The molecule has 0 aromatic heterocycles. The van der Waals surface area contributed by atoms with Crippen LogP contribution >= 0.6 is 0 Å². The largest absolute Gasteiger partial charge is 0.493 e. The first-order chi connectivity index (χ1) is 36.2. The van der Waals surface area contributed by atoms with Crippen LogP contribution in [0.5, 0.6) is 5.75 Å². The lowest BCUT2D eigenvalue weighted by Gasteiger charge is -2.27. The number of carboxylic acid groups (broad SMARTS) is 1. The van der Waals surface area contributed by atoms with Gasteiger partial charge in [-0.05, 0) is 115 Å². The van der Waals surface area contributed by atoms with Crippen LogP contribution in [0.2, 0.25) is 0 Å². The van der Waals surface area contributed by atoms with Gasteiger partial charge in [0.25, 0.3) is 60.7 Å². The third kappa shape index (κ3) is 13.3. The van der Waals surface area contributed by atoms with Gasteiger partial charge in [0.1, 0.15) is 27.9 Å². The molecule has 426 valence electrons. The minimum absolute atomic E-state index is 0.0264. The standard InChI is InChI=1S/C49H51FN2O21S6/c1-48(2)43(51(17-6-20-74(55,56)57)39-13-11-35-37(46(39)48)25-33(76(61,62)63)27-41(35)78(67,68)69)15-9-29(30-22-31(50)24-32(23-30)73-19-5-8-45(53)54)10-16-44-49(3,4)47-38-26-34(77(64,65)66)28-42(79(70,71)72)36(38)12-14-40(47)52(44)18-7-21-75(58,59)60/h9-16,22-28H,5-8,17-21H2,1-4H3,(H6-,53,54,55,56,57,58,59,60,61,62,63,64,65,66,67,68,69,70,71,72)/p+1. The summed E-state index contributed by atoms with van der Waals surface area (Å²) in [7, 11) is -29.7. The SMILES string of the molecule is CC1(C)C(/C=C/C(=C/C=C2/N(CCCS(=O)(=O)O)c3ccc4c(S(=O)(=O)O)cc(S(=O)(=O)O)cc4c3C2(C)C)c2cc(F)cc(OCCCC(=O)O)c2)=[N+](CCCS(=O)(=O)O)c2ccc3c(S(=O)(=O)O)cc(S(=O)(=O)O)cc3c21. The number of halogens is 1. The van der Waals surface area contributed by atoms with Gasteiger partial charge in [-0.15, -0.1) is 0 Å². The Bertz CT molecular complexity index is 4250. The number of carboxylic acids is 1. The molecule has 23 nitrogen and oxygen atoms in total. The molecule has 5 aromatic carbocycles. The van der Waals surface area contributed by atoms with Crippen LogP contribution in [-0.4, -0.2) is 130 Å². The summed E-state index contributed by atoms with van der Waals surface area (Å²) in [4.78, 5) is 9.27. The Balaban J connectivity index is 1.51. The maximum atomic E-state index is 15.8. The van der Waals surface area contributed by atoms with Crippen molar-refractivity contribution in [3.63, 3.8) is 0 Å². The van der Waals surface area contributed by atoms with Gasteiger partial charge in [0.2, 0.25) is 5.69 Å². The topological polar surface area (TPSA) is 379 Å². The molecule has 0 fully saturated rings. The number of anilines is 1. The van der Waals surface area contributed by atoms with Gasteiger partial charge in [-0.3, -0.25) is 32.1 Å². The van der Waals surface area contributed by atoms with Crippen molar-refractivity contribution >= 4 is 111 Å². The first-order valence-corrected chi connectivity index (χ1v) is 32.4. The molecule has 7 rings (SSSR count). The number of ether oxygens (including phenoxy) is 1. The highest BCUT2D eigenvalue weighted by Crippen LogP contribution is 2.52. The lowest BCUT2D eigenvalue weighted by Crippen LogP contribution is -2.28. The van der Waals surface area contributed by atoms with Gasteiger partial charge in [0, 0.05) is 70.7 Å². The number of allylic oxidation sites excluding steroid dienone is 6. The second kappa shape index (κ2) is 21.5. The smallest absolute Gasteiger partial charge is 0.303 e. The summed E-state index contributed by atoms with van der Waals surface area (Å²) in [6, 6.07) is 12.0. The molecule has 0 saturated heterocycles. The molecule has 0 aliphatic carbocycles. The maximum Gasteiger partial charge on any atom is 0.303 e. The minimum Gasteiger partial charge on any atom is -0.493 e. The molecule has 2 aliphatic rings. The Labute approximate surface area is 454 Å². The van der Waals surface area contributed by atoms with E-state index in [9.17, 15) is 87.7 Å². The first kappa shape index (κ1) is 60.6. The van der Waals surface area contributed by atoms with Crippen molar-refractivity contribution in [3.8, 4) is 5.75 Å². The van der Waals surface area contributed by atoms with Gasteiger partial charge in [-0.25, -0.2) is 4.39 Å². The van der Waals surface area contributed by atoms with Crippen molar-refractivity contribution in [1.29, 1.82) is 0 Å². The predicted octanol–water partition coefficient (Wildman–Crippen LogP) is 6.62. The number of hydrogen-bond acceptors (Lipinski definition) is 15. The second-order valence-corrected chi connectivity index (χ2v) is 28.4. The summed E-state index contributed by atoms with van der Waals surface area (Å²) in [5.74, 6) is -3.52. The van der Waals surface area contributed by atoms with Gasteiger partial charge in [0.05, 0.1) is 33.3 Å². The molecule has 0 spiro atoms. The highest BCUT2D eigenvalue weighted by Gasteiger charge is 2.47. The molecule has 0 unspecified atom stereocenters. The maximum absolute atomic E-state index is 15.8. The summed E-state index contributed by atoms with van der Waals surface area (Å²) < 4.78 is 233. The summed E-state index contributed by atoms with van der Waals surface area (Å²) >= 11 is 0. The molecule has 2 aliphatic heterocycles. The number of nitrogens with zero attached hydrogens (tertiary/aromatic N) is 2. The molecular weight excluding hydrogens is 1160 g/mol. The van der Waals surface area contributed by atoms with Crippen molar-refractivity contribution in [3.05, 3.63) is 119 Å². The zero-order valence-corrected chi connectivity index (χ0v) is 47.0. The van der Waals surface area contributed by atoms with Crippen LogP contribution in [-0.2, 0) is 76.3 Å². The van der Waals surface area contributed by atoms with E-state index in [-0.39, 0.29) is 118 Å². The zero-order chi connectivity index (χ0) is 58.8. The Morgan fingerprint density at radius 2 is 1.19 bits per heavy atom. The molecule has 30 heteroatoms. The predicted molar refractivity (Wildman–Crippen MR) is 286 cm³/mol. The molecule has 0 radical (unpaired) electrons. The number of rotatable bonds is 21. The third-order valence-corrected chi connectivity index (χ3v) is 18.4. The van der Waals surface area contributed by atoms with Crippen molar-refractivity contribution in [2.75, 3.05) is 36.1 Å². The van der Waals surface area contributed by atoms with Gasteiger partial charge in [-0.1, -0.05) is 26.0 Å². The second-order valence-electron chi connectivity index (χ2n) is 19.6. The lowest BCUT2D eigenvalue weighted by atomic mass is 9.79. The van der Waals surface area contributed by atoms with E-state index in [2.05, 4.69) is 0 Å². The number of aliphatic carboxylic acids is 1. The first-order valence-electron chi connectivity index (χ1n) is 23.4. The summed E-state index contributed by atoms with van der Waals surface area (Å²) in [5, 5.41) is 8.67. The number of hydrogen-bond donors (Lipinski definition) is 7. The van der Waals surface area contributed by atoms with E-state index >= 15 is 4.39 Å². The normalized spacial score (nSPS) is 16.6. The fourth-order valence-corrected chi connectivity index (χ4v) is 13.8. The van der Waals surface area contributed by atoms with Crippen LogP contribution in [0.1, 0.15) is 70.1 Å². The molecule has 2 heterocycles. The van der Waals surface area contributed by atoms with Crippen LogP contribution in [0.4, 0.5) is 15.8 Å². The number of fused-ring (bicyclic) bond motifs is 6. The fraction of sp³-hybridized carbons (Fsp3) is 0.306. The Hall–Kier alpha value is -6.03. The molecule has 0 amide bonds. The van der Waals surface area contributed by atoms with E-state index in [1.54, 1.807) is 37.2 Å². The van der Waals surface area contributed by atoms with E-state index in [4.69, 9.17) is 4.74 Å². The van der Waals surface area contributed by atoms with Gasteiger partial charge in [0.15, 0.2) is 5.71 Å². The molecule has 5 aromatic rings. The average molecular weight is 1220 g/mol. The highest BCUT2D eigenvalue weighted by atomic mass is 32.2. The Morgan fingerprint density at radius 1 is 0.646 bits per heavy atom. The van der Waals surface area contributed by atoms with E-state index < -0.39 is 114 Å². The van der Waals surface area contributed by atoms with Crippen LogP contribution < -0.4 is 9.64 Å². The molecular formula is C49H52FN2O21S6+. The van der Waals surface area contributed by atoms with Crippen molar-refractivity contribution in [1.82, 2.24) is 0 Å². The molecule has 0 bridgehead atoms. The molecule has 0 saturated carbocycles. The summed E-state index contributed by atoms with van der Waals surface area (Å²) in [6.07, 6.45) is 5.24. The van der Waals surface area contributed by atoms with E-state index in [1.807, 2.05) is 0 Å². The highest BCUT2D eigenvalue weighted by molar-refractivity contribution is 7.87.